The van der Waals surface area contributed by atoms with Gasteiger partial charge in [0.1, 0.15) is 11.6 Å². The normalized spacial score (nSPS) is 20.5. The van der Waals surface area contributed by atoms with Crippen LogP contribution in [-0.4, -0.2) is 98.3 Å². The Morgan fingerprint density at radius 2 is 1.68 bits per heavy atom. The number of piperidine rings is 1. The molecule has 0 spiro atoms. The molecule has 16 heteroatoms. The summed E-state index contributed by atoms with van der Waals surface area (Å²) in [6.45, 7) is 9.23. The highest BCUT2D eigenvalue weighted by molar-refractivity contribution is 7.22. The summed E-state index contributed by atoms with van der Waals surface area (Å²) in [5.41, 5.74) is 8.49. The molecule has 7 aromatic rings. The monoisotopic (exact) mass is 999 g/mol. The highest BCUT2D eigenvalue weighted by Gasteiger charge is 2.34. The third-order valence-corrected chi connectivity index (χ3v) is 16.7. The number of aryl methyl sites for hydroxylation is 1. The minimum atomic E-state index is -1.10. The second-order valence-corrected chi connectivity index (χ2v) is 21.3. The topological polar surface area (TPSA) is 175 Å². The Bertz CT molecular complexity index is 3240. The largest absolute Gasteiger partial charge is 0.490 e. The lowest BCUT2D eigenvalue weighted by atomic mass is 9.84. The van der Waals surface area contributed by atoms with Crippen LogP contribution in [0.15, 0.2) is 91.0 Å². The zero-order valence-corrected chi connectivity index (χ0v) is 42.4. The van der Waals surface area contributed by atoms with Gasteiger partial charge < -0.3 is 19.6 Å². The van der Waals surface area contributed by atoms with Crippen LogP contribution in [0.3, 0.4) is 0 Å². The number of ether oxygens (including phenoxy) is 1. The van der Waals surface area contributed by atoms with Gasteiger partial charge in [0.25, 0.3) is 5.91 Å². The maximum absolute atomic E-state index is 13.7. The number of aromatic carboxylic acids is 1. The van der Waals surface area contributed by atoms with Crippen LogP contribution in [0.1, 0.15) is 107 Å². The average molecular weight is 1000 g/mol. The van der Waals surface area contributed by atoms with E-state index in [1.54, 1.807) is 0 Å². The van der Waals surface area contributed by atoms with E-state index in [1.807, 2.05) is 102 Å². The first kappa shape index (κ1) is 48.1. The van der Waals surface area contributed by atoms with E-state index in [4.69, 9.17) is 14.8 Å². The second-order valence-electron chi connectivity index (χ2n) is 20.3. The second kappa shape index (κ2) is 20.4. The summed E-state index contributed by atoms with van der Waals surface area (Å²) in [5, 5.41) is 22.4. The first-order valence-electron chi connectivity index (χ1n) is 25.8. The number of benzene rings is 4. The Labute approximate surface area is 428 Å². The minimum absolute atomic E-state index is 0.0217. The predicted molar refractivity (Wildman–Crippen MR) is 285 cm³/mol. The summed E-state index contributed by atoms with van der Waals surface area (Å²) in [5.74, 6) is -0.257. The van der Waals surface area contributed by atoms with E-state index >= 15 is 0 Å². The van der Waals surface area contributed by atoms with Gasteiger partial charge >= 0.3 is 5.97 Å². The number of pyridine rings is 1. The number of aromatic nitrogens is 4. The number of carbonyl (C=O) groups is 4. The molecule has 1 saturated carbocycles. The van der Waals surface area contributed by atoms with Crippen LogP contribution in [-0.2, 0) is 29.6 Å². The number of piperazine rings is 1. The first-order chi connectivity index (χ1) is 35.4. The lowest BCUT2D eigenvalue weighted by Gasteiger charge is -2.41. The first-order valence-corrected chi connectivity index (χ1v) is 26.6. The summed E-state index contributed by atoms with van der Waals surface area (Å²) in [4.78, 5) is 67.7. The van der Waals surface area contributed by atoms with Gasteiger partial charge in [0.2, 0.25) is 11.8 Å². The standard InChI is InChI=1S/C57H61N9O6S/c1-34-32-65(46-16-7-14-42-51(62-63(3)53(42)46)43-24-26-50(67)60-55(43)69)31-30-64(34)28-9-10-36-19-21-38(22-20-36)72-47-17-8-12-39(35(47)2)40-23-25-49(59-52(40)56(70)71)66-29-27-37-11-6-13-41(44(37)33-66)54(68)61-57-58-45-15-4-5-18-48(45)73-57/h4-8,11-18,23,25,34,36,38,43H,9-10,19-22,24,26-33H2,1-3H3,(H,70,71)(H,58,61,68)(H,60,67,69)/t34-,36?,38?,43?/m0/s1. The molecule has 3 fully saturated rings. The number of para-hydroxylation sites is 2. The average Bonchev–Trinajstić information content (AvgIpc) is 3.97. The number of hydrogen-bond donors (Lipinski definition) is 3. The number of rotatable bonds is 13. The quantitative estimate of drug-likeness (QED) is 0.0935. The molecule has 0 bridgehead atoms. The summed E-state index contributed by atoms with van der Waals surface area (Å²) < 4.78 is 9.61. The van der Waals surface area contributed by atoms with Gasteiger partial charge in [0, 0.05) is 68.7 Å². The van der Waals surface area contributed by atoms with Crippen molar-refractivity contribution in [3.8, 4) is 16.9 Å². The zero-order valence-electron chi connectivity index (χ0n) is 41.6. The molecule has 1 aliphatic carbocycles. The maximum Gasteiger partial charge on any atom is 0.355 e. The van der Waals surface area contributed by atoms with Crippen molar-refractivity contribution in [3.05, 3.63) is 125 Å². The molecule has 4 aromatic carbocycles. The van der Waals surface area contributed by atoms with E-state index < -0.39 is 11.9 Å². The smallest absolute Gasteiger partial charge is 0.355 e. The lowest BCUT2D eigenvalue weighted by Crippen LogP contribution is -2.52. The van der Waals surface area contributed by atoms with E-state index in [2.05, 4.69) is 44.5 Å². The maximum atomic E-state index is 13.7. The number of anilines is 3. The molecule has 2 atom stereocenters. The van der Waals surface area contributed by atoms with Crippen LogP contribution in [0.4, 0.5) is 16.6 Å². The summed E-state index contributed by atoms with van der Waals surface area (Å²) >= 11 is 1.44. The van der Waals surface area contributed by atoms with Crippen molar-refractivity contribution in [2.45, 2.75) is 96.2 Å². The SMILES string of the molecule is Cc1c(OC2CCC(CCCN3CCN(c4cccc5c(C6CCC(=O)NC6=O)nn(C)c45)C[C@@H]3C)CC2)cccc1-c1ccc(N2CCc3cccc(C(=O)Nc4nc5ccccc5s4)c3C2)nc1C(=O)O. The van der Waals surface area contributed by atoms with Gasteiger partial charge in [-0.25, -0.2) is 14.8 Å². The zero-order chi connectivity index (χ0) is 50.3. The molecular weight excluding hydrogens is 939 g/mol. The molecule has 3 N–H and O–H groups in total. The number of hydrogen-bond acceptors (Lipinski definition) is 12. The molecule has 15 nitrogen and oxygen atoms in total. The fourth-order valence-corrected chi connectivity index (χ4v) is 12.6. The highest BCUT2D eigenvalue weighted by Crippen LogP contribution is 2.39. The third-order valence-electron chi connectivity index (χ3n) is 15.7. The fraction of sp³-hybridized carbons (Fsp3) is 0.386. The summed E-state index contributed by atoms with van der Waals surface area (Å²) in [6.07, 6.45) is 8.13. The molecule has 3 aromatic heterocycles. The van der Waals surface area contributed by atoms with Gasteiger partial charge in [-0.2, -0.15) is 5.10 Å². The number of carboxylic acid groups (broad SMARTS) is 1. The molecule has 4 aliphatic rings. The van der Waals surface area contributed by atoms with Crippen molar-refractivity contribution in [2.24, 2.45) is 13.0 Å². The molecule has 6 heterocycles. The van der Waals surface area contributed by atoms with E-state index in [0.29, 0.717) is 66.4 Å². The van der Waals surface area contributed by atoms with Crippen molar-refractivity contribution < 1.29 is 29.0 Å². The van der Waals surface area contributed by atoms with Gasteiger partial charge in [0.15, 0.2) is 10.8 Å². The Morgan fingerprint density at radius 3 is 2.49 bits per heavy atom. The number of carboxylic acids is 1. The van der Waals surface area contributed by atoms with Gasteiger partial charge in [-0.05, 0) is 142 Å². The van der Waals surface area contributed by atoms with Crippen molar-refractivity contribution in [1.29, 1.82) is 0 Å². The molecule has 73 heavy (non-hydrogen) atoms. The Morgan fingerprint density at radius 1 is 0.863 bits per heavy atom. The highest BCUT2D eigenvalue weighted by atomic mass is 32.1. The Kier molecular flexibility index (Phi) is 13.4. The lowest BCUT2D eigenvalue weighted by molar-refractivity contribution is -0.134. The Balaban J connectivity index is 0.679. The number of imide groups is 1. The predicted octanol–water partition coefficient (Wildman–Crippen LogP) is 9.52. The van der Waals surface area contributed by atoms with Crippen LogP contribution in [0.2, 0.25) is 0 Å². The Hall–Kier alpha value is -7.17. The molecule has 11 rings (SSSR count). The molecular formula is C57H61N9O6S. The van der Waals surface area contributed by atoms with Gasteiger partial charge in [-0.15, -0.1) is 0 Å². The number of nitrogens with zero attached hydrogens (tertiary/aromatic N) is 7. The van der Waals surface area contributed by atoms with Crippen LogP contribution < -0.4 is 25.2 Å². The van der Waals surface area contributed by atoms with E-state index in [9.17, 15) is 24.3 Å². The van der Waals surface area contributed by atoms with E-state index in [-0.39, 0.29) is 29.5 Å². The van der Waals surface area contributed by atoms with Crippen molar-refractivity contribution >= 4 is 72.8 Å². The minimum Gasteiger partial charge on any atom is -0.490 e. The van der Waals surface area contributed by atoms with Crippen molar-refractivity contribution in [1.82, 2.24) is 30.0 Å². The van der Waals surface area contributed by atoms with Crippen LogP contribution in [0.25, 0.3) is 32.2 Å². The number of carbonyl (C=O) groups excluding carboxylic acids is 3. The van der Waals surface area contributed by atoms with Crippen LogP contribution >= 0.6 is 11.3 Å². The number of fused-ring (bicyclic) bond motifs is 3. The third kappa shape index (κ3) is 9.77. The number of thiazole rings is 1. The van der Waals surface area contributed by atoms with Crippen molar-refractivity contribution in [2.75, 3.05) is 47.8 Å². The molecule has 1 unspecified atom stereocenters. The van der Waals surface area contributed by atoms with E-state index in [0.717, 1.165) is 119 Å². The molecule has 3 amide bonds. The van der Waals surface area contributed by atoms with Crippen molar-refractivity contribution in [3.63, 3.8) is 0 Å². The van der Waals surface area contributed by atoms with Gasteiger partial charge in [-0.3, -0.25) is 34.6 Å². The summed E-state index contributed by atoms with van der Waals surface area (Å²) in [6, 6.07) is 29.8. The fourth-order valence-electron chi connectivity index (χ4n) is 11.8. The molecule has 0 radical (unpaired) electrons. The molecule has 3 aliphatic heterocycles. The van der Waals surface area contributed by atoms with Crippen LogP contribution in [0.5, 0.6) is 5.75 Å². The molecule has 2 saturated heterocycles. The van der Waals surface area contributed by atoms with Crippen LogP contribution in [0, 0.1) is 12.8 Å². The van der Waals surface area contributed by atoms with E-state index in [1.165, 1.54) is 17.8 Å². The van der Waals surface area contributed by atoms with Gasteiger partial charge in [0.05, 0.1) is 39.1 Å². The van der Waals surface area contributed by atoms with Gasteiger partial charge in [-0.1, -0.05) is 59.9 Å². The number of amides is 3. The molecule has 376 valence electrons. The summed E-state index contributed by atoms with van der Waals surface area (Å²) in [7, 11) is 1.94. The number of nitrogens with one attached hydrogen (secondary N) is 2.